The van der Waals surface area contributed by atoms with E-state index in [1.165, 1.54) is 24.3 Å². The van der Waals surface area contributed by atoms with Crippen LogP contribution >= 0.6 is 0 Å². The van der Waals surface area contributed by atoms with Crippen molar-refractivity contribution >= 4 is 29.6 Å². The predicted octanol–water partition coefficient (Wildman–Crippen LogP) is 4.55. The summed E-state index contributed by atoms with van der Waals surface area (Å²) in [6.07, 6.45) is 1.50. The Morgan fingerprint density at radius 2 is 1.83 bits per heavy atom. The standard InChI is InChI=1S/C27H24FN3O4/c1-17-10-11-21(12-18(17)2)29-25(32)16-35-22-8-5-6-19(13-22)14-24-26(33)31(27(34)30-24)15-20-7-3-4-9-23(20)28/h3-14H,15-16H2,1-2H3,(H,29,32)(H,30,34)/b24-14-. The summed E-state index contributed by atoms with van der Waals surface area (Å²) in [5.74, 6) is -0.928. The van der Waals surface area contributed by atoms with E-state index in [2.05, 4.69) is 10.6 Å². The smallest absolute Gasteiger partial charge is 0.329 e. The number of hydrogen-bond donors (Lipinski definition) is 2. The van der Waals surface area contributed by atoms with Crippen molar-refractivity contribution in [3.63, 3.8) is 0 Å². The summed E-state index contributed by atoms with van der Waals surface area (Å²) in [6.45, 7) is 3.60. The third-order valence-electron chi connectivity index (χ3n) is 5.58. The Balaban J connectivity index is 1.39. The molecule has 1 heterocycles. The highest BCUT2D eigenvalue weighted by molar-refractivity contribution is 6.13. The number of urea groups is 1. The van der Waals surface area contributed by atoms with E-state index in [0.717, 1.165) is 16.0 Å². The van der Waals surface area contributed by atoms with E-state index in [1.807, 2.05) is 32.0 Å². The van der Waals surface area contributed by atoms with Gasteiger partial charge in [-0.3, -0.25) is 14.5 Å². The molecule has 2 N–H and O–H groups in total. The minimum Gasteiger partial charge on any atom is -0.484 e. The maximum Gasteiger partial charge on any atom is 0.329 e. The van der Waals surface area contributed by atoms with E-state index in [1.54, 1.807) is 30.3 Å². The molecule has 0 bridgehead atoms. The highest BCUT2D eigenvalue weighted by Gasteiger charge is 2.33. The molecular formula is C27H24FN3O4. The lowest BCUT2D eigenvalue weighted by Gasteiger charge is -2.12. The van der Waals surface area contributed by atoms with Gasteiger partial charge in [0.05, 0.1) is 6.54 Å². The molecule has 0 radical (unpaired) electrons. The van der Waals surface area contributed by atoms with E-state index in [4.69, 9.17) is 4.74 Å². The largest absolute Gasteiger partial charge is 0.484 e. The van der Waals surface area contributed by atoms with Gasteiger partial charge in [0, 0.05) is 11.3 Å². The molecule has 178 valence electrons. The highest BCUT2D eigenvalue weighted by atomic mass is 19.1. The fraction of sp³-hybridized carbons (Fsp3) is 0.148. The SMILES string of the molecule is Cc1ccc(NC(=O)COc2cccc(/C=C3\NC(=O)N(Cc4ccccc4F)C3=O)c2)cc1C. The number of nitrogens with one attached hydrogen (secondary N) is 2. The minimum absolute atomic E-state index is 0.0657. The van der Waals surface area contributed by atoms with Crippen LogP contribution in [-0.2, 0) is 16.1 Å². The lowest BCUT2D eigenvalue weighted by molar-refractivity contribution is -0.123. The zero-order chi connectivity index (χ0) is 24.9. The number of amides is 4. The van der Waals surface area contributed by atoms with Crippen LogP contribution in [0.3, 0.4) is 0 Å². The first kappa shape index (κ1) is 23.7. The highest BCUT2D eigenvalue weighted by Crippen LogP contribution is 2.21. The van der Waals surface area contributed by atoms with Gasteiger partial charge in [0.1, 0.15) is 17.3 Å². The predicted molar refractivity (Wildman–Crippen MR) is 130 cm³/mol. The fourth-order valence-corrected chi connectivity index (χ4v) is 3.54. The van der Waals surface area contributed by atoms with Crippen LogP contribution in [0.15, 0.2) is 72.4 Å². The third-order valence-corrected chi connectivity index (χ3v) is 5.58. The van der Waals surface area contributed by atoms with Gasteiger partial charge < -0.3 is 15.4 Å². The first-order valence-electron chi connectivity index (χ1n) is 11.0. The summed E-state index contributed by atoms with van der Waals surface area (Å²) in [5, 5.41) is 5.31. The minimum atomic E-state index is -0.625. The van der Waals surface area contributed by atoms with E-state index in [0.29, 0.717) is 17.0 Å². The fourth-order valence-electron chi connectivity index (χ4n) is 3.54. The number of nitrogens with zero attached hydrogens (tertiary/aromatic N) is 1. The van der Waals surface area contributed by atoms with E-state index < -0.39 is 17.8 Å². The Kier molecular flexibility index (Phi) is 6.91. The Morgan fingerprint density at radius 1 is 1.03 bits per heavy atom. The number of ether oxygens (including phenoxy) is 1. The lowest BCUT2D eigenvalue weighted by atomic mass is 10.1. The van der Waals surface area contributed by atoms with E-state index in [-0.39, 0.29) is 30.3 Å². The van der Waals surface area contributed by atoms with Gasteiger partial charge in [-0.2, -0.15) is 0 Å². The van der Waals surface area contributed by atoms with Gasteiger partial charge in [-0.05, 0) is 66.9 Å². The number of hydrogen-bond acceptors (Lipinski definition) is 4. The molecule has 3 aromatic carbocycles. The molecule has 35 heavy (non-hydrogen) atoms. The second kappa shape index (κ2) is 10.2. The number of benzene rings is 3. The molecule has 0 aromatic heterocycles. The van der Waals surface area contributed by atoms with Crippen molar-refractivity contribution in [1.82, 2.24) is 10.2 Å². The zero-order valence-corrected chi connectivity index (χ0v) is 19.3. The van der Waals surface area contributed by atoms with Gasteiger partial charge in [0.2, 0.25) is 0 Å². The molecule has 0 aliphatic carbocycles. The number of halogens is 1. The Morgan fingerprint density at radius 3 is 2.60 bits per heavy atom. The van der Waals surface area contributed by atoms with Crippen molar-refractivity contribution in [1.29, 1.82) is 0 Å². The van der Waals surface area contributed by atoms with Crippen molar-refractivity contribution in [2.75, 3.05) is 11.9 Å². The molecule has 7 nitrogen and oxygen atoms in total. The molecule has 1 aliphatic rings. The normalized spacial score (nSPS) is 14.3. The van der Waals surface area contributed by atoms with Gasteiger partial charge in [-0.25, -0.2) is 9.18 Å². The molecule has 0 spiro atoms. The van der Waals surface area contributed by atoms with Gasteiger partial charge >= 0.3 is 6.03 Å². The van der Waals surface area contributed by atoms with E-state index in [9.17, 15) is 18.8 Å². The van der Waals surface area contributed by atoms with Crippen molar-refractivity contribution in [2.45, 2.75) is 20.4 Å². The summed E-state index contributed by atoms with van der Waals surface area (Å²) >= 11 is 0. The molecule has 1 aliphatic heterocycles. The maximum absolute atomic E-state index is 13.9. The quantitative estimate of drug-likeness (QED) is 0.389. The average molecular weight is 474 g/mol. The Labute approximate surface area is 202 Å². The number of carbonyl (C=O) groups excluding carboxylic acids is 3. The number of anilines is 1. The number of imide groups is 1. The number of carbonyl (C=O) groups is 3. The molecule has 1 fully saturated rings. The topological polar surface area (TPSA) is 87.7 Å². The summed E-state index contributed by atoms with van der Waals surface area (Å²) in [7, 11) is 0. The molecule has 8 heteroatoms. The van der Waals surface area contributed by atoms with Crippen molar-refractivity contribution in [3.05, 3.63) is 100 Å². The van der Waals surface area contributed by atoms with Crippen LogP contribution in [0.4, 0.5) is 14.9 Å². The average Bonchev–Trinajstić information content (AvgIpc) is 3.09. The zero-order valence-electron chi connectivity index (χ0n) is 19.3. The molecule has 1 saturated heterocycles. The first-order valence-corrected chi connectivity index (χ1v) is 11.0. The van der Waals surface area contributed by atoms with E-state index >= 15 is 0 Å². The number of aryl methyl sites for hydroxylation is 2. The summed E-state index contributed by atoms with van der Waals surface area (Å²) in [4.78, 5) is 38.2. The molecule has 0 unspecified atom stereocenters. The third kappa shape index (κ3) is 5.73. The van der Waals surface area contributed by atoms with Crippen LogP contribution in [0.2, 0.25) is 0 Å². The van der Waals surface area contributed by atoms with Gasteiger partial charge in [-0.1, -0.05) is 36.4 Å². The molecule has 0 atom stereocenters. The van der Waals surface area contributed by atoms with Crippen LogP contribution < -0.4 is 15.4 Å². The molecule has 4 rings (SSSR count). The van der Waals surface area contributed by atoms with Crippen LogP contribution in [0.25, 0.3) is 6.08 Å². The summed E-state index contributed by atoms with van der Waals surface area (Å²) in [5.41, 5.74) is 3.80. The molecule has 4 amide bonds. The van der Waals surface area contributed by atoms with Crippen LogP contribution in [0.1, 0.15) is 22.3 Å². The first-order chi connectivity index (χ1) is 16.8. The Bertz CT molecular complexity index is 1340. The molecular weight excluding hydrogens is 449 g/mol. The van der Waals surface area contributed by atoms with Crippen LogP contribution in [-0.4, -0.2) is 29.4 Å². The lowest BCUT2D eigenvalue weighted by Crippen LogP contribution is -2.30. The van der Waals surface area contributed by atoms with Crippen molar-refractivity contribution in [2.24, 2.45) is 0 Å². The monoisotopic (exact) mass is 473 g/mol. The van der Waals surface area contributed by atoms with Gasteiger partial charge in [-0.15, -0.1) is 0 Å². The second-order valence-corrected chi connectivity index (χ2v) is 8.18. The number of rotatable bonds is 7. The van der Waals surface area contributed by atoms with Crippen molar-refractivity contribution in [3.8, 4) is 5.75 Å². The van der Waals surface area contributed by atoms with Crippen LogP contribution in [0.5, 0.6) is 5.75 Å². The summed E-state index contributed by atoms with van der Waals surface area (Å²) < 4.78 is 19.5. The molecule has 3 aromatic rings. The second-order valence-electron chi connectivity index (χ2n) is 8.18. The summed E-state index contributed by atoms with van der Waals surface area (Å²) in [6, 6.07) is 17.8. The molecule has 0 saturated carbocycles. The van der Waals surface area contributed by atoms with Gasteiger partial charge in [0.15, 0.2) is 6.61 Å². The Hall–Kier alpha value is -4.46. The van der Waals surface area contributed by atoms with Gasteiger partial charge in [0.25, 0.3) is 11.8 Å². The maximum atomic E-state index is 13.9. The van der Waals surface area contributed by atoms with Crippen LogP contribution in [0, 0.1) is 19.7 Å². The van der Waals surface area contributed by atoms with Crippen molar-refractivity contribution < 1.29 is 23.5 Å².